The van der Waals surface area contributed by atoms with Crippen LogP contribution in [0.25, 0.3) is 0 Å². The molecule has 5 rings (SSSR count). The fourth-order valence-electron chi connectivity index (χ4n) is 8.33. The number of rotatable bonds is 11. The lowest BCUT2D eigenvalue weighted by Crippen LogP contribution is -2.62. The predicted octanol–water partition coefficient (Wildman–Crippen LogP) is 5.58. The molecule has 9 atom stereocenters. The van der Waals surface area contributed by atoms with Gasteiger partial charge in [0.25, 0.3) is 0 Å². The van der Waals surface area contributed by atoms with Gasteiger partial charge >= 0.3 is 17.9 Å². The Bertz CT molecular complexity index is 1660. The van der Waals surface area contributed by atoms with E-state index in [0.717, 1.165) is 57.4 Å². The Morgan fingerprint density at radius 1 is 0.967 bits per heavy atom. The molecule has 0 aliphatic carbocycles. The molecule has 4 N–H and O–H groups in total. The van der Waals surface area contributed by atoms with Crippen LogP contribution in [0.5, 0.6) is 0 Å². The molecule has 6 bridgehead atoms. The highest BCUT2D eigenvalue weighted by atomic mass is 16.7. The maximum atomic E-state index is 14.0. The number of aliphatic hydroxyl groups excluding tert-OH is 2. The van der Waals surface area contributed by atoms with E-state index in [1.165, 1.54) is 19.2 Å². The average molecular weight is 844 g/mol. The minimum Gasteiger partial charge on any atom is -0.466 e. The van der Waals surface area contributed by atoms with E-state index in [2.05, 4.69) is 12.2 Å². The minimum absolute atomic E-state index is 0.0666. The fourth-order valence-corrected chi connectivity index (χ4v) is 8.33. The number of nitrogens with one attached hydrogen (secondary N) is 1. The SMILES string of the molecule is CCCCCCCC(=O)Nc1cccc(C(=O)O[C@H]2/C(=C/C(=O)OC)C[C@H]3C[C@H](CO)OC(=O)C[C@H](O)C[C@@H]4CCC[C@H](C[C@@H]5CCO[C@H](/C=C/C(C)(C)[C@]2(O)O3)O5)O4)c1. The lowest BCUT2D eigenvalue weighted by atomic mass is 9.74. The van der Waals surface area contributed by atoms with E-state index in [9.17, 15) is 34.5 Å². The Hall–Kier alpha value is -3.70. The van der Waals surface area contributed by atoms with Crippen LogP contribution in [0.4, 0.5) is 5.69 Å². The van der Waals surface area contributed by atoms with E-state index in [-0.39, 0.29) is 61.0 Å². The summed E-state index contributed by atoms with van der Waals surface area (Å²) < 4.78 is 41.8. The number of methoxy groups -OCH3 is 1. The van der Waals surface area contributed by atoms with Gasteiger partial charge in [0.2, 0.25) is 11.7 Å². The summed E-state index contributed by atoms with van der Waals surface area (Å²) in [4.78, 5) is 52.7. The van der Waals surface area contributed by atoms with E-state index in [1.807, 2.05) is 0 Å². The first-order chi connectivity index (χ1) is 28.7. The summed E-state index contributed by atoms with van der Waals surface area (Å²) in [5.74, 6) is -4.98. The topological polar surface area (TPSA) is 206 Å². The highest BCUT2D eigenvalue weighted by molar-refractivity contribution is 5.94. The number of carbonyl (C=O) groups excluding carboxylic acids is 4. The van der Waals surface area contributed by atoms with Crippen molar-refractivity contribution in [1.82, 2.24) is 0 Å². The summed E-state index contributed by atoms with van der Waals surface area (Å²) >= 11 is 0. The van der Waals surface area contributed by atoms with Crippen molar-refractivity contribution < 1.29 is 67.7 Å². The van der Waals surface area contributed by atoms with Crippen molar-refractivity contribution in [3.63, 3.8) is 0 Å². The van der Waals surface area contributed by atoms with Gasteiger partial charge in [-0.05, 0) is 74.8 Å². The third-order valence-electron chi connectivity index (χ3n) is 11.7. The Morgan fingerprint density at radius 3 is 2.47 bits per heavy atom. The predicted molar refractivity (Wildman–Crippen MR) is 218 cm³/mol. The van der Waals surface area contributed by atoms with Gasteiger partial charge in [0, 0.05) is 36.4 Å². The Balaban J connectivity index is 1.46. The summed E-state index contributed by atoms with van der Waals surface area (Å²) in [5, 5.41) is 36.9. The zero-order chi connectivity index (χ0) is 43.3. The molecule has 15 heteroatoms. The standard InChI is InChI=1S/C45H65NO14/c1-5-6-7-8-9-16-38(49)46-31-13-10-12-29(21-31)43(52)59-42-30(23-39(50)54-4)22-36-27-37(28-47)57-40(51)25-32(48)24-33-14-11-15-34(56-33)26-35-18-20-55-41(58-35)17-19-44(2,3)45(42,53)60-36/h10,12-13,17,19,21,23,32-37,41-42,47-48,53H,5-9,11,14-16,18,20,22,24-28H2,1-4H3,(H,46,49)/b19-17+,30-23+/t32-,33+,34-,35+,36+,37-,41+,42+,45-/m1/s1. The molecule has 0 saturated carbocycles. The number of ether oxygens (including phenoxy) is 7. The molecule has 3 saturated heterocycles. The van der Waals surface area contributed by atoms with Crippen LogP contribution in [0.1, 0.15) is 127 Å². The highest BCUT2D eigenvalue weighted by Crippen LogP contribution is 2.47. The van der Waals surface area contributed by atoms with Crippen LogP contribution in [0.3, 0.4) is 0 Å². The molecule has 4 aliphatic heterocycles. The van der Waals surface area contributed by atoms with Crippen molar-refractivity contribution >= 4 is 29.5 Å². The Morgan fingerprint density at radius 2 is 1.72 bits per heavy atom. The van der Waals surface area contributed by atoms with Crippen molar-refractivity contribution in [1.29, 1.82) is 0 Å². The van der Waals surface area contributed by atoms with Crippen LogP contribution in [0, 0.1) is 5.41 Å². The van der Waals surface area contributed by atoms with Gasteiger partial charge in [-0.2, -0.15) is 0 Å². The first-order valence-electron chi connectivity index (χ1n) is 21.6. The number of cyclic esters (lactones) is 1. The maximum absolute atomic E-state index is 14.0. The highest BCUT2D eigenvalue weighted by Gasteiger charge is 2.57. The molecule has 3 fully saturated rings. The Kier molecular flexibility index (Phi) is 17.7. The molecule has 1 aromatic carbocycles. The number of hydrogen-bond donors (Lipinski definition) is 4. The number of esters is 3. The molecule has 0 radical (unpaired) electrons. The third kappa shape index (κ3) is 13.4. The summed E-state index contributed by atoms with van der Waals surface area (Å²) in [7, 11) is 1.19. The average Bonchev–Trinajstić information content (AvgIpc) is 3.20. The molecule has 60 heavy (non-hydrogen) atoms. The quantitative estimate of drug-likeness (QED) is 0.0706. The van der Waals surface area contributed by atoms with Crippen molar-refractivity contribution in [2.45, 2.75) is 172 Å². The summed E-state index contributed by atoms with van der Waals surface area (Å²) in [5.41, 5.74) is -0.818. The number of amides is 1. The van der Waals surface area contributed by atoms with Crippen molar-refractivity contribution in [2.24, 2.45) is 5.41 Å². The van der Waals surface area contributed by atoms with E-state index in [4.69, 9.17) is 33.2 Å². The number of carbonyl (C=O) groups is 4. The molecule has 334 valence electrons. The number of aliphatic hydroxyl groups is 3. The van der Waals surface area contributed by atoms with Crippen molar-refractivity contribution in [2.75, 3.05) is 25.6 Å². The number of benzene rings is 1. The van der Waals surface area contributed by atoms with Crippen LogP contribution in [-0.4, -0.2) is 114 Å². The first kappa shape index (κ1) is 47.4. The van der Waals surface area contributed by atoms with Crippen molar-refractivity contribution in [3.8, 4) is 0 Å². The van der Waals surface area contributed by atoms with Gasteiger partial charge in [-0.1, -0.05) is 58.6 Å². The van der Waals surface area contributed by atoms with E-state index in [0.29, 0.717) is 31.6 Å². The molecule has 1 aromatic rings. The summed E-state index contributed by atoms with van der Waals surface area (Å²) in [6.45, 7) is 5.26. The van der Waals surface area contributed by atoms with Gasteiger partial charge in [0.1, 0.15) is 6.10 Å². The van der Waals surface area contributed by atoms with Gasteiger partial charge in [0.15, 0.2) is 12.4 Å². The number of anilines is 1. The molecular weight excluding hydrogens is 778 g/mol. The van der Waals surface area contributed by atoms with Crippen LogP contribution >= 0.6 is 0 Å². The van der Waals surface area contributed by atoms with Gasteiger partial charge in [-0.25, -0.2) is 9.59 Å². The van der Waals surface area contributed by atoms with Gasteiger partial charge < -0.3 is 53.8 Å². The smallest absolute Gasteiger partial charge is 0.339 e. The second-order valence-electron chi connectivity index (χ2n) is 17.0. The lowest BCUT2D eigenvalue weighted by Gasteiger charge is -2.51. The normalized spacial score (nSPS) is 32.5. The molecule has 0 aromatic heterocycles. The first-order valence-corrected chi connectivity index (χ1v) is 21.6. The second-order valence-corrected chi connectivity index (χ2v) is 17.0. The second kappa shape index (κ2) is 22.4. The summed E-state index contributed by atoms with van der Waals surface area (Å²) in [6.07, 6.45) is 7.03. The molecule has 0 spiro atoms. The molecule has 0 unspecified atom stereocenters. The summed E-state index contributed by atoms with van der Waals surface area (Å²) in [6, 6.07) is 6.23. The van der Waals surface area contributed by atoms with Crippen LogP contribution in [0.2, 0.25) is 0 Å². The number of unbranched alkanes of at least 4 members (excludes halogenated alkanes) is 4. The van der Waals surface area contributed by atoms with Gasteiger partial charge in [0.05, 0.1) is 62.8 Å². The molecule has 4 heterocycles. The largest absolute Gasteiger partial charge is 0.466 e. The molecule has 15 nitrogen and oxygen atoms in total. The Labute approximate surface area is 353 Å². The fraction of sp³-hybridized carbons (Fsp3) is 0.689. The number of hydrogen-bond acceptors (Lipinski definition) is 14. The maximum Gasteiger partial charge on any atom is 0.339 e. The van der Waals surface area contributed by atoms with Crippen molar-refractivity contribution in [3.05, 3.63) is 53.6 Å². The van der Waals surface area contributed by atoms with E-state index < -0.39 is 66.4 Å². The molecule has 1 amide bonds. The molecule has 4 aliphatic rings. The zero-order valence-corrected chi connectivity index (χ0v) is 35.5. The van der Waals surface area contributed by atoms with Crippen LogP contribution in [-0.2, 0) is 47.5 Å². The van der Waals surface area contributed by atoms with E-state index in [1.54, 1.807) is 38.1 Å². The monoisotopic (exact) mass is 843 g/mol. The van der Waals surface area contributed by atoms with Gasteiger partial charge in [-0.15, -0.1) is 0 Å². The zero-order valence-electron chi connectivity index (χ0n) is 35.5. The van der Waals surface area contributed by atoms with Crippen LogP contribution < -0.4 is 5.32 Å². The minimum atomic E-state index is -2.40. The van der Waals surface area contributed by atoms with E-state index >= 15 is 0 Å². The molecular formula is C45H65NO14. The number of fused-ring (bicyclic) bond motifs is 6. The lowest BCUT2D eigenvalue weighted by molar-refractivity contribution is -0.324. The van der Waals surface area contributed by atoms with Crippen LogP contribution in [0.15, 0.2) is 48.1 Å². The van der Waals surface area contributed by atoms with Gasteiger partial charge in [-0.3, -0.25) is 9.59 Å². The third-order valence-corrected chi connectivity index (χ3v) is 11.7.